The molecule has 3 unspecified atom stereocenters. The third-order valence-electron chi connectivity index (χ3n) is 6.68. The Labute approximate surface area is 211 Å². The first-order valence-corrected chi connectivity index (χ1v) is 12.9. The van der Waals surface area contributed by atoms with Crippen molar-refractivity contribution in [2.24, 2.45) is 5.92 Å². The van der Waals surface area contributed by atoms with Gasteiger partial charge in [-0.05, 0) is 90.3 Å². The topological polar surface area (TPSA) is 87.7 Å². The molecule has 0 aromatic heterocycles. The Morgan fingerprint density at radius 1 is 1.06 bits per heavy atom. The first-order chi connectivity index (χ1) is 16.2. The molecule has 7 nitrogen and oxygen atoms in total. The molecule has 0 saturated heterocycles. The van der Waals surface area contributed by atoms with Crippen LogP contribution < -0.4 is 10.6 Å². The lowest BCUT2D eigenvalue weighted by molar-refractivity contribution is -0.148. The van der Waals surface area contributed by atoms with Crippen molar-refractivity contribution >= 4 is 17.9 Å². The summed E-state index contributed by atoms with van der Waals surface area (Å²) in [4.78, 5) is 42.2. The second-order valence-corrected chi connectivity index (χ2v) is 11.2. The zero-order valence-corrected chi connectivity index (χ0v) is 23.0. The van der Waals surface area contributed by atoms with E-state index in [0.29, 0.717) is 6.42 Å². The largest absolute Gasteiger partial charge is 0.444 e. The average Bonchev–Trinajstić information content (AvgIpc) is 2.69. The minimum absolute atomic E-state index is 0.0565. The predicted octanol–water partition coefficient (Wildman–Crippen LogP) is 5.19. The van der Waals surface area contributed by atoms with E-state index >= 15 is 0 Å². The van der Waals surface area contributed by atoms with Gasteiger partial charge in [0.15, 0.2) is 0 Å². The van der Waals surface area contributed by atoms with Gasteiger partial charge in [0.2, 0.25) is 11.8 Å². The third kappa shape index (κ3) is 7.71. The predicted molar refractivity (Wildman–Crippen MR) is 139 cm³/mol. The average molecular weight is 488 g/mol. The number of benzene rings is 1. The Hall–Kier alpha value is -2.57. The number of hydrogen-bond donors (Lipinski definition) is 2. The fourth-order valence-corrected chi connectivity index (χ4v) is 4.20. The number of amides is 3. The van der Waals surface area contributed by atoms with Gasteiger partial charge in [-0.2, -0.15) is 0 Å². The van der Waals surface area contributed by atoms with E-state index in [1.165, 1.54) is 0 Å². The Kier molecular flexibility index (Phi) is 9.76. The lowest BCUT2D eigenvalue weighted by Gasteiger charge is -2.44. The molecule has 1 saturated carbocycles. The number of nitrogens with one attached hydrogen (secondary N) is 2. The second kappa shape index (κ2) is 11.9. The van der Waals surface area contributed by atoms with Gasteiger partial charge in [0.1, 0.15) is 17.7 Å². The van der Waals surface area contributed by atoms with Crippen molar-refractivity contribution in [2.45, 2.75) is 118 Å². The van der Waals surface area contributed by atoms with Crippen LogP contribution in [0.3, 0.4) is 0 Å². The van der Waals surface area contributed by atoms with Crippen molar-refractivity contribution in [3.63, 3.8) is 0 Å². The number of carbonyl (C=O) groups excluding carboxylic acids is 3. The molecule has 35 heavy (non-hydrogen) atoms. The van der Waals surface area contributed by atoms with Crippen LogP contribution in [-0.2, 0) is 14.3 Å². The number of rotatable bonds is 9. The van der Waals surface area contributed by atoms with Gasteiger partial charge in [-0.15, -0.1) is 0 Å². The monoisotopic (exact) mass is 487 g/mol. The minimum atomic E-state index is -0.795. The minimum Gasteiger partial charge on any atom is -0.444 e. The van der Waals surface area contributed by atoms with Gasteiger partial charge in [0, 0.05) is 12.1 Å². The summed E-state index contributed by atoms with van der Waals surface area (Å²) in [6, 6.07) is 4.23. The van der Waals surface area contributed by atoms with Gasteiger partial charge < -0.3 is 20.3 Å². The molecule has 3 amide bonds. The van der Waals surface area contributed by atoms with Gasteiger partial charge >= 0.3 is 6.09 Å². The van der Waals surface area contributed by atoms with Gasteiger partial charge in [0.25, 0.3) is 0 Å². The zero-order valence-electron chi connectivity index (χ0n) is 23.0. The van der Waals surface area contributed by atoms with E-state index in [0.717, 1.165) is 36.0 Å². The first kappa shape index (κ1) is 28.7. The first-order valence-electron chi connectivity index (χ1n) is 12.9. The second-order valence-electron chi connectivity index (χ2n) is 11.2. The van der Waals surface area contributed by atoms with Crippen molar-refractivity contribution in [3.8, 4) is 0 Å². The molecule has 0 radical (unpaired) electrons. The van der Waals surface area contributed by atoms with Crippen molar-refractivity contribution in [2.75, 3.05) is 0 Å². The Balaban J connectivity index is 2.53. The molecule has 0 bridgehead atoms. The van der Waals surface area contributed by atoms with Gasteiger partial charge in [-0.3, -0.25) is 9.59 Å². The summed E-state index contributed by atoms with van der Waals surface area (Å²) < 4.78 is 5.47. The summed E-state index contributed by atoms with van der Waals surface area (Å²) in [5.41, 5.74) is 2.30. The fraction of sp³-hybridized carbons (Fsp3) is 0.679. The Bertz CT molecular complexity index is 902. The van der Waals surface area contributed by atoms with Crippen LogP contribution in [0.2, 0.25) is 0 Å². The molecule has 1 fully saturated rings. The highest BCUT2D eigenvalue weighted by Crippen LogP contribution is 2.35. The lowest BCUT2D eigenvalue weighted by atomic mass is 9.86. The molecule has 1 aromatic carbocycles. The Morgan fingerprint density at radius 2 is 1.69 bits per heavy atom. The molecule has 0 spiro atoms. The summed E-state index contributed by atoms with van der Waals surface area (Å²) in [6.45, 7) is 17.2. The number of alkyl carbamates (subject to hydrolysis) is 1. The molecule has 1 aromatic rings. The maximum atomic E-state index is 14.2. The quantitative estimate of drug-likeness (QED) is 0.502. The summed E-state index contributed by atoms with van der Waals surface area (Å²) in [7, 11) is 0. The van der Waals surface area contributed by atoms with Crippen LogP contribution in [0.25, 0.3) is 0 Å². The molecular formula is C28H45N3O4. The van der Waals surface area contributed by atoms with Gasteiger partial charge in [-0.1, -0.05) is 38.5 Å². The van der Waals surface area contributed by atoms with Gasteiger partial charge in [0.05, 0.1) is 0 Å². The van der Waals surface area contributed by atoms with E-state index in [9.17, 15) is 14.4 Å². The molecule has 2 N–H and O–H groups in total. The molecule has 0 heterocycles. The smallest absolute Gasteiger partial charge is 0.408 e. The molecule has 2 rings (SSSR count). The zero-order chi connectivity index (χ0) is 26.5. The molecular weight excluding hydrogens is 442 g/mol. The maximum Gasteiger partial charge on any atom is 0.408 e. The van der Waals surface area contributed by atoms with Crippen LogP contribution >= 0.6 is 0 Å². The molecule has 1 aliphatic carbocycles. The highest BCUT2D eigenvalue weighted by Gasteiger charge is 2.43. The molecule has 196 valence electrons. The summed E-state index contributed by atoms with van der Waals surface area (Å²) in [6.07, 6.45) is 2.74. The van der Waals surface area contributed by atoms with Crippen LogP contribution in [0.1, 0.15) is 96.9 Å². The summed E-state index contributed by atoms with van der Waals surface area (Å²) in [5, 5.41) is 5.85. The standard InChI is InChI=1S/C28H45N3O4/c1-10-18(4)23(30-27(34)35-28(7,8)9)26(33)31(22-12-11-13-22)24(25(32)29-17(2)3)21-15-14-19(5)20(6)16-21/h14-18,22-24H,10-13H2,1-9H3,(H,29,32)(H,30,34). The van der Waals surface area contributed by atoms with E-state index < -0.39 is 23.8 Å². The van der Waals surface area contributed by atoms with E-state index in [4.69, 9.17) is 4.74 Å². The van der Waals surface area contributed by atoms with E-state index in [1.807, 2.05) is 59.7 Å². The van der Waals surface area contributed by atoms with Crippen molar-refractivity contribution < 1.29 is 19.1 Å². The van der Waals surface area contributed by atoms with Crippen LogP contribution in [0.4, 0.5) is 4.79 Å². The van der Waals surface area contributed by atoms with E-state index in [2.05, 4.69) is 10.6 Å². The highest BCUT2D eigenvalue weighted by atomic mass is 16.6. The van der Waals surface area contributed by atoms with Crippen LogP contribution in [0, 0.1) is 19.8 Å². The molecule has 0 aliphatic heterocycles. The number of aryl methyl sites for hydroxylation is 2. The van der Waals surface area contributed by atoms with Crippen LogP contribution in [-0.4, -0.2) is 46.5 Å². The summed E-state index contributed by atoms with van der Waals surface area (Å²) in [5.74, 6) is -0.577. The maximum absolute atomic E-state index is 14.2. The SMILES string of the molecule is CCC(C)C(NC(=O)OC(C)(C)C)C(=O)N(C1CCC1)C(C(=O)NC(C)C)c1ccc(C)c(C)c1. The fourth-order valence-electron chi connectivity index (χ4n) is 4.20. The number of carbonyl (C=O) groups is 3. The van der Waals surface area contributed by atoms with Crippen molar-refractivity contribution in [1.82, 2.24) is 15.5 Å². The van der Waals surface area contributed by atoms with E-state index in [1.54, 1.807) is 25.7 Å². The van der Waals surface area contributed by atoms with Crippen LogP contribution in [0.15, 0.2) is 18.2 Å². The number of hydrogen-bond acceptors (Lipinski definition) is 4. The van der Waals surface area contributed by atoms with Crippen LogP contribution in [0.5, 0.6) is 0 Å². The highest BCUT2D eigenvalue weighted by molar-refractivity contribution is 5.92. The van der Waals surface area contributed by atoms with E-state index in [-0.39, 0.29) is 29.8 Å². The number of nitrogens with zero attached hydrogens (tertiary/aromatic N) is 1. The van der Waals surface area contributed by atoms with Crippen molar-refractivity contribution in [3.05, 3.63) is 34.9 Å². The molecule has 3 atom stereocenters. The third-order valence-corrected chi connectivity index (χ3v) is 6.68. The lowest BCUT2D eigenvalue weighted by Crippen LogP contribution is -2.59. The number of ether oxygens (including phenoxy) is 1. The normalized spacial score (nSPS) is 16.6. The Morgan fingerprint density at radius 3 is 2.14 bits per heavy atom. The summed E-state index contributed by atoms with van der Waals surface area (Å²) >= 11 is 0. The molecule has 1 aliphatic rings. The molecule has 7 heteroatoms. The van der Waals surface area contributed by atoms with Gasteiger partial charge in [-0.25, -0.2) is 4.79 Å². The van der Waals surface area contributed by atoms with Crippen molar-refractivity contribution in [1.29, 1.82) is 0 Å².